The second-order valence-electron chi connectivity index (χ2n) is 11.8. The lowest BCUT2D eigenvalue weighted by molar-refractivity contribution is -0.141. The van der Waals surface area contributed by atoms with Crippen molar-refractivity contribution in [3.8, 4) is 11.8 Å². The van der Waals surface area contributed by atoms with Gasteiger partial charge in [0, 0.05) is 18.7 Å². The molecule has 0 spiro atoms. The predicted octanol–water partition coefficient (Wildman–Crippen LogP) is 8.26. The lowest BCUT2D eigenvalue weighted by atomic mass is 9.59. The summed E-state index contributed by atoms with van der Waals surface area (Å²) in [6.45, 7) is 3.14. The number of carbonyl (C=O) groups excluding carboxylic acids is 1. The largest absolute Gasteiger partial charge is 0.426 e. The van der Waals surface area contributed by atoms with Crippen molar-refractivity contribution in [2.45, 2.75) is 116 Å². The number of esters is 1. The molecule has 4 nitrogen and oxygen atoms in total. The Labute approximate surface area is 221 Å². The highest BCUT2D eigenvalue weighted by molar-refractivity contribution is 5.75. The predicted molar refractivity (Wildman–Crippen MR) is 139 cm³/mol. The zero-order valence-corrected chi connectivity index (χ0v) is 22.4. The van der Waals surface area contributed by atoms with Crippen molar-refractivity contribution < 1.29 is 23.0 Å². The molecular formula is C31H43F2NO3. The molecule has 0 radical (unpaired) electrons. The van der Waals surface area contributed by atoms with Gasteiger partial charge in [0.05, 0.1) is 12.0 Å². The minimum Gasteiger partial charge on any atom is -0.426 e. The smallest absolute Gasteiger partial charge is 0.314 e. The molecule has 37 heavy (non-hydrogen) atoms. The first kappa shape index (κ1) is 28.0. The van der Waals surface area contributed by atoms with E-state index < -0.39 is 23.2 Å². The van der Waals surface area contributed by atoms with Gasteiger partial charge in [-0.05, 0) is 87.9 Å². The monoisotopic (exact) mass is 515 g/mol. The van der Waals surface area contributed by atoms with E-state index in [0.717, 1.165) is 37.5 Å². The molecule has 4 rings (SSSR count). The fraction of sp³-hybridized carbons (Fsp3) is 0.742. The van der Waals surface area contributed by atoms with E-state index >= 15 is 0 Å². The first-order chi connectivity index (χ1) is 17.9. The van der Waals surface area contributed by atoms with Gasteiger partial charge in [0.25, 0.3) is 0 Å². The topological polar surface area (TPSA) is 59.3 Å². The first-order valence-corrected chi connectivity index (χ1v) is 14.7. The van der Waals surface area contributed by atoms with Gasteiger partial charge in [-0.3, -0.25) is 4.79 Å². The second kappa shape index (κ2) is 13.2. The van der Waals surface area contributed by atoms with E-state index in [1.165, 1.54) is 83.1 Å². The van der Waals surface area contributed by atoms with Crippen LogP contribution in [-0.2, 0) is 9.53 Å². The van der Waals surface area contributed by atoms with Gasteiger partial charge in [0.2, 0.25) is 0 Å². The first-order valence-electron chi connectivity index (χ1n) is 14.7. The molecule has 1 aromatic carbocycles. The van der Waals surface area contributed by atoms with Crippen molar-refractivity contribution in [3.05, 3.63) is 29.3 Å². The number of nitrogens with zero attached hydrogens (tertiary/aromatic N) is 1. The molecule has 0 unspecified atom stereocenters. The van der Waals surface area contributed by atoms with Crippen LogP contribution in [0.5, 0.6) is 5.75 Å². The van der Waals surface area contributed by atoms with Gasteiger partial charge in [-0.2, -0.15) is 5.26 Å². The van der Waals surface area contributed by atoms with Crippen molar-refractivity contribution >= 4 is 5.97 Å². The van der Waals surface area contributed by atoms with Crippen LogP contribution in [0.1, 0.15) is 115 Å². The van der Waals surface area contributed by atoms with E-state index in [4.69, 9.17) is 14.7 Å². The summed E-state index contributed by atoms with van der Waals surface area (Å²) < 4.78 is 39.2. The maximum Gasteiger partial charge on any atom is 0.314 e. The van der Waals surface area contributed by atoms with E-state index in [2.05, 4.69) is 6.92 Å². The Morgan fingerprint density at radius 1 is 1.00 bits per heavy atom. The number of rotatable bonds is 9. The number of ether oxygens (including phenoxy) is 2. The minimum atomic E-state index is -1.02. The quantitative estimate of drug-likeness (QED) is 0.245. The highest BCUT2D eigenvalue weighted by Crippen LogP contribution is 2.52. The van der Waals surface area contributed by atoms with Crippen LogP contribution in [0.25, 0.3) is 0 Å². The van der Waals surface area contributed by atoms with E-state index in [9.17, 15) is 13.6 Å². The number of nitriles is 1. The van der Waals surface area contributed by atoms with Crippen LogP contribution in [0.2, 0.25) is 0 Å². The third-order valence-electron chi connectivity index (χ3n) is 9.51. The van der Waals surface area contributed by atoms with Crippen LogP contribution in [0.15, 0.2) is 12.1 Å². The van der Waals surface area contributed by atoms with E-state index in [-0.39, 0.29) is 17.8 Å². The Morgan fingerprint density at radius 2 is 1.65 bits per heavy atom. The summed E-state index contributed by atoms with van der Waals surface area (Å²) in [6.07, 6.45) is 19.6. The second-order valence-corrected chi connectivity index (χ2v) is 11.8. The Balaban J connectivity index is 1.17. The highest BCUT2D eigenvalue weighted by Gasteiger charge is 2.40. The van der Waals surface area contributed by atoms with Crippen molar-refractivity contribution in [1.29, 1.82) is 5.26 Å². The van der Waals surface area contributed by atoms with Crippen LogP contribution in [0.4, 0.5) is 8.78 Å². The summed E-state index contributed by atoms with van der Waals surface area (Å²) in [6, 6.07) is 3.25. The van der Waals surface area contributed by atoms with E-state index in [0.29, 0.717) is 24.2 Å². The van der Waals surface area contributed by atoms with Gasteiger partial charge in [0.15, 0.2) is 0 Å². The molecule has 0 aliphatic heterocycles. The maximum absolute atomic E-state index is 13.8. The molecule has 204 valence electrons. The molecule has 0 atom stereocenters. The van der Waals surface area contributed by atoms with Crippen LogP contribution < -0.4 is 4.74 Å². The molecule has 3 saturated carbocycles. The zero-order chi connectivity index (χ0) is 26.3. The van der Waals surface area contributed by atoms with Crippen molar-refractivity contribution in [2.75, 3.05) is 6.61 Å². The summed E-state index contributed by atoms with van der Waals surface area (Å²) in [4.78, 5) is 12.5. The van der Waals surface area contributed by atoms with Crippen molar-refractivity contribution in [2.24, 2.45) is 23.2 Å². The van der Waals surface area contributed by atoms with Crippen molar-refractivity contribution in [1.82, 2.24) is 0 Å². The number of halogens is 2. The molecule has 3 aliphatic carbocycles. The van der Waals surface area contributed by atoms with Crippen LogP contribution in [-0.4, -0.2) is 18.7 Å². The fourth-order valence-electron chi connectivity index (χ4n) is 7.24. The molecular weight excluding hydrogens is 472 g/mol. The van der Waals surface area contributed by atoms with Gasteiger partial charge < -0.3 is 9.47 Å². The highest BCUT2D eigenvalue weighted by atomic mass is 19.1. The summed E-state index contributed by atoms with van der Waals surface area (Å²) in [7, 11) is 0. The number of carbonyl (C=O) groups is 1. The molecule has 6 heteroatoms. The Morgan fingerprint density at radius 3 is 2.24 bits per heavy atom. The van der Waals surface area contributed by atoms with Gasteiger partial charge in [-0.15, -0.1) is 0 Å². The number of hydrogen-bond acceptors (Lipinski definition) is 4. The van der Waals surface area contributed by atoms with Gasteiger partial charge >= 0.3 is 5.97 Å². The van der Waals surface area contributed by atoms with Gasteiger partial charge in [-0.25, -0.2) is 8.78 Å². The molecule has 0 saturated heterocycles. The number of benzene rings is 1. The average Bonchev–Trinajstić information content (AvgIpc) is 2.91. The lowest BCUT2D eigenvalue weighted by Gasteiger charge is -2.47. The third kappa shape index (κ3) is 7.11. The molecule has 1 aromatic rings. The molecule has 0 N–H and O–H groups in total. The molecule has 3 aliphatic rings. The third-order valence-corrected chi connectivity index (χ3v) is 9.51. The fourth-order valence-corrected chi connectivity index (χ4v) is 7.24. The summed E-state index contributed by atoms with van der Waals surface area (Å²) in [5.74, 6) is -1.47. The molecule has 0 aromatic heterocycles. The SMILES string of the molecule is CCCCC1([C@H]2CC[C@H](CO[C@H]3CC[C@H](C(=O)Oc4cc(F)c(C#N)c(F)c4)CC3)CC2)CCCCC1. The standard InChI is InChI=1S/C31H43F2NO3/c1-2-3-15-31(16-5-4-6-17-31)24-11-7-22(8-12-24)21-36-25-13-9-23(10-14-25)30(35)37-26-18-28(32)27(20-34)29(33)19-26/h18-19,22-25H,2-17,21H2,1H3/t22-,23-,24-,25-. The minimum absolute atomic E-state index is 0.167. The lowest BCUT2D eigenvalue weighted by Crippen LogP contribution is -2.36. The van der Waals surface area contributed by atoms with E-state index in [1.54, 1.807) is 0 Å². The van der Waals surface area contributed by atoms with E-state index in [1.807, 2.05) is 0 Å². The number of hydrogen-bond donors (Lipinski definition) is 0. The Kier molecular flexibility index (Phi) is 9.98. The van der Waals surface area contributed by atoms with Crippen LogP contribution in [0.3, 0.4) is 0 Å². The van der Waals surface area contributed by atoms with Crippen LogP contribution >= 0.6 is 0 Å². The normalized spacial score (nSPS) is 27.8. The Bertz CT molecular complexity index is 913. The van der Waals surface area contributed by atoms with Crippen LogP contribution in [0, 0.1) is 46.1 Å². The maximum atomic E-state index is 13.8. The Hall–Kier alpha value is -2.00. The average molecular weight is 516 g/mol. The molecule has 3 fully saturated rings. The van der Waals surface area contributed by atoms with Gasteiger partial charge in [0.1, 0.15) is 29.0 Å². The van der Waals surface area contributed by atoms with Gasteiger partial charge in [-0.1, -0.05) is 39.0 Å². The summed E-state index contributed by atoms with van der Waals surface area (Å²) >= 11 is 0. The van der Waals surface area contributed by atoms with Crippen molar-refractivity contribution in [3.63, 3.8) is 0 Å². The molecule has 0 bridgehead atoms. The summed E-state index contributed by atoms with van der Waals surface area (Å²) in [5.41, 5.74) is -0.0570. The zero-order valence-electron chi connectivity index (χ0n) is 22.4. The molecule has 0 amide bonds. The number of unbranched alkanes of at least 4 members (excludes halogenated alkanes) is 1. The molecule has 0 heterocycles. The summed E-state index contributed by atoms with van der Waals surface area (Å²) in [5, 5.41) is 8.78.